The first-order chi connectivity index (χ1) is 12.0. The number of hydrogen-bond donors (Lipinski definition) is 2. The standard InChI is InChI=1S/C19H28N4O2/c1-13-7-8-17(21-11-13)22-18(24)15-5-3-9-23(12-15)19(25)14-4-2-6-16(20)10-14/h7-8,11,14-16H,2-6,9-10,12,20H2,1H3,(H,21,22,24). The van der Waals surface area contributed by atoms with Crippen LogP contribution in [-0.4, -0.2) is 40.8 Å². The zero-order valence-electron chi connectivity index (χ0n) is 14.9. The third kappa shape index (κ3) is 4.57. The highest BCUT2D eigenvalue weighted by Gasteiger charge is 2.33. The second-order valence-electron chi connectivity index (χ2n) is 7.46. The molecule has 0 spiro atoms. The Morgan fingerprint density at radius 3 is 2.72 bits per heavy atom. The Hall–Kier alpha value is -1.95. The summed E-state index contributed by atoms with van der Waals surface area (Å²) in [5.74, 6) is 0.565. The SMILES string of the molecule is Cc1ccc(NC(=O)C2CCCN(C(=O)C3CCCC(N)C3)C2)nc1. The van der Waals surface area contributed by atoms with Gasteiger partial charge in [0.2, 0.25) is 11.8 Å². The Labute approximate surface area is 149 Å². The molecule has 3 unspecified atom stereocenters. The summed E-state index contributed by atoms with van der Waals surface area (Å²) in [6.45, 7) is 3.21. The van der Waals surface area contributed by atoms with Crippen LogP contribution in [0.4, 0.5) is 5.82 Å². The number of anilines is 1. The molecule has 25 heavy (non-hydrogen) atoms. The molecule has 136 valence electrons. The second-order valence-corrected chi connectivity index (χ2v) is 7.46. The monoisotopic (exact) mass is 344 g/mol. The minimum atomic E-state index is -0.168. The Morgan fingerprint density at radius 1 is 1.20 bits per heavy atom. The van der Waals surface area contributed by atoms with Crippen molar-refractivity contribution in [2.45, 2.75) is 51.5 Å². The molecule has 2 amide bonds. The fourth-order valence-electron chi connectivity index (χ4n) is 3.87. The van der Waals surface area contributed by atoms with E-state index < -0.39 is 0 Å². The molecule has 1 aliphatic heterocycles. The van der Waals surface area contributed by atoms with Gasteiger partial charge >= 0.3 is 0 Å². The van der Waals surface area contributed by atoms with E-state index in [9.17, 15) is 9.59 Å². The Bertz CT molecular complexity index is 616. The highest BCUT2D eigenvalue weighted by atomic mass is 16.2. The van der Waals surface area contributed by atoms with Gasteiger partial charge in [-0.15, -0.1) is 0 Å². The van der Waals surface area contributed by atoms with Crippen molar-refractivity contribution in [2.24, 2.45) is 17.6 Å². The average molecular weight is 344 g/mol. The average Bonchev–Trinajstić information content (AvgIpc) is 2.63. The topological polar surface area (TPSA) is 88.3 Å². The van der Waals surface area contributed by atoms with Gasteiger partial charge in [-0.1, -0.05) is 12.5 Å². The van der Waals surface area contributed by atoms with Gasteiger partial charge < -0.3 is 16.0 Å². The van der Waals surface area contributed by atoms with E-state index in [2.05, 4.69) is 10.3 Å². The lowest BCUT2D eigenvalue weighted by Crippen LogP contribution is -2.47. The molecule has 1 saturated heterocycles. The van der Waals surface area contributed by atoms with Crippen LogP contribution in [0.1, 0.15) is 44.1 Å². The number of rotatable bonds is 3. The minimum Gasteiger partial charge on any atom is -0.342 e. The predicted octanol–water partition coefficient (Wildman–Crippen LogP) is 2.08. The van der Waals surface area contributed by atoms with Gasteiger partial charge in [0.15, 0.2) is 0 Å². The van der Waals surface area contributed by atoms with Gasteiger partial charge in [0, 0.05) is 31.2 Å². The smallest absolute Gasteiger partial charge is 0.230 e. The largest absolute Gasteiger partial charge is 0.342 e. The van der Waals surface area contributed by atoms with Gasteiger partial charge in [0.05, 0.1) is 5.92 Å². The van der Waals surface area contributed by atoms with Gasteiger partial charge in [0.25, 0.3) is 0 Å². The van der Waals surface area contributed by atoms with E-state index in [1.807, 2.05) is 24.0 Å². The van der Waals surface area contributed by atoms with E-state index in [1.165, 1.54) is 0 Å². The summed E-state index contributed by atoms with van der Waals surface area (Å²) in [4.78, 5) is 31.4. The summed E-state index contributed by atoms with van der Waals surface area (Å²) in [6.07, 6.45) is 7.15. The molecule has 3 N–H and O–H groups in total. The van der Waals surface area contributed by atoms with E-state index in [0.717, 1.165) is 50.6 Å². The van der Waals surface area contributed by atoms with Crippen molar-refractivity contribution in [3.8, 4) is 0 Å². The maximum absolute atomic E-state index is 12.8. The van der Waals surface area contributed by atoms with Gasteiger partial charge in [0.1, 0.15) is 5.82 Å². The van der Waals surface area contributed by atoms with Gasteiger partial charge in [-0.3, -0.25) is 9.59 Å². The van der Waals surface area contributed by atoms with E-state index in [1.54, 1.807) is 6.20 Å². The highest BCUT2D eigenvalue weighted by molar-refractivity contribution is 5.92. The van der Waals surface area contributed by atoms with Crippen LogP contribution in [0.3, 0.4) is 0 Å². The summed E-state index contributed by atoms with van der Waals surface area (Å²) in [5.41, 5.74) is 7.08. The number of aryl methyl sites for hydroxylation is 1. The number of aromatic nitrogens is 1. The lowest BCUT2D eigenvalue weighted by Gasteiger charge is -2.36. The van der Waals surface area contributed by atoms with Crippen molar-refractivity contribution < 1.29 is 9.59 Å². The summed E-state index contributed by atoms with van der Waals surface area (Å²) in [5, 5.41) is 2.88. The van der Waals surface area contributed by atoms with Crippen molar-refractivity contribution in [3.63, 3.8) is 0 Å². The predicted molar refractivity (Wildman–Crippen MR) is 96.8 cm³/mol. The molecule has 0 radical (unpaired) electrons. The molecule has 3 atom stereocenters. The molecule has 3 rings (SSSR count). The molecule has 0 bridgehead atoms. The number of carbonyl (C=O) groups excluding carboxylic acids is 2. The molecule has 1 aliphatic carbocycles. The van der Waals surface area contributed by atoms with Crippen LogP contribution in [0.5, 0.6) is 0 Å². The number of piperidine rings is 1. The molecular weight excluding hydrogens is 316 g/mol. The molecular formula is C19H28N4O2. The van der Waals surface area contributed by atoms with Crippen molar-refractivity contribution in [2.75, 3.05) is 18.4 Å². The molecule has 0 aromatic carbocycles. The van der Waals surface area contributed by atoms with Gasteiger partial charge in [-0.05, 0) is 50.7 Å². The Morgan fingerprint density at radius 2 is 2.00 bits per heavy atom. The number of likely N-dealkylation sites (tertiary alicyclic amines) is 1. The molecule has 2 fully saturated rings. The quantitative estimate of drug-likeness (QED) is 0.879. The molecule has 1 aromatic heterocycles. The Balaban J connectivity index is 1.57. The lowest BCUT2D eigenvalue weighted by molar-refractivity contribution is -0.139. The fraction of sp³-hybridized carbons (Fsp3) is 0.632. The first-order valence-corrected chi connectivity index (χ1v) is 9.31. The van der Waals surface area contributed by atoms with Crippen LogP contribution in [0.2, 0.25) is 0 Å². The van der Waals surface area contributed by atoms with Crippen LogP contribution in [0.15, 0.2) is 18.3 Å². The number of carbonyl (C=O) groups is 2. The van der Waals surface area contributed by atoms with Crippen LogP contribution in [0.25, 0.3) is 0 Å². The third-order valence-electron chi connectivity index (χ3n) is 5.33. The number of nitrogens with two attached hydrogens (primary N) is 1. The zero-order chi connectivity index (χ0) is 17.8. The van der Waals surface area contributed by atoms with Crippen LogP contribution < -0.4 is 11.1 Å². The molecule has 6 heteroatoms. The maximum Gasteiger partial charge on any atom is 0.230 e. The summed E-state index contributed by atoms with van der Waals surface area (Å²) in [6, 6.07) is 3.87. The maximum atomic E-state index is 12.8. The summed E-state index contributed by atoms with van der Waals surface area (Å²) < 4.78 is 0. The molecule has 1 aromatic rings. The first-order valence-electron chi connectivity index (χ1n) is 9.31. The second kappa shape index (κ2) is 7.95. The van der Waals surface area contributed by atoms with Crippen molar-refractivity contribution in [3.05, 3.63) is 23.9 Å². The third-order valence-corrected chi connectivity index (χ3v) is 5.33. The van der Waals surface area contributed by atoms with Crippen LogP contribution in [-0.2, 0) is 9.59 Å². The van der Waals surface area contributed by atoms with Gasteiger partial charge in [-0.25, -0.2) is 4.98 Å². The van der Waals surface area contributed by atoms with E-state index in [0.29, 0.717) is 12.4 Å². The Kier molecular flexibility index (Phi) is 5.68. The van der Waals surface area contributed by atoms with Crippen LogP contribution in [0, 0.1) is 18.8 Å². The zero-order valence-corrected chi connectivity index (χ0v) is 14.9. The molecule has 1 saturated carbocycles. The van der Waals surface area contributed by atoms with E-state index in [4.69, 9.17) is 5.73 Å². The molecule has 2 aliphatic rings. The van der Waals surface area contributed by atoms with Crippen molar-refractivity contribution in [1.82, 2.24) is 9.88 Å². The van der Waals surface area contributed by atoms with Crippen molar-refractivity contribution >= 4 is 17.6 Å². The molecule has 6 nitrogen and oxygen atoms in total. The number of nitrogens with zero attached hydrogens (tertiary/aromatic N) is 2. The summed E-state index contributed by atoms with van der Waals surface area (Å²) in [7, 11) is 0. The normalized spacial score (nSPS) is 27.0. The van der Waals surface area contributed by atoms with E-state index >= 15 is 0 Å². The summed E-state index contributed by atoms with van der Waals surface area (Å²) >= 11 is 0. The number of amides is 2. The first kappa shape index (κ1) is 17.9. The number of pyridine rings is 1. The minimum absolute atomic E-state index is 0.0318. The highest BCUT2D eigenvalue weighted by Crippen LogP contribution is 2.27. The van der Waals surface area contributed by atoms with Crippen LogP contribution >= 0.6 is 0 Å². The molecule has 2 heterocycles. The fourth-order valence-corrected chi connectivity index (χ4v) is 3.87. The van der Waals surface area contributed by atoms with Gasteiger partial charge in [-0.2, -0.15) is 0 Å². The lowest BCUT2D eigenvalue weighted by atomic mass is 9.84. The van der Waals surface area contributed by atoms with E-state index in [-0.39, 0.29) is 29.7 Å². The number of hydrogen-bond acceptors (Lipinski definition) is 4. The number of nitrogens with one attached hydrogen (secondary N) is 1. The van der Waals surface area contributed by atoms with Crippen molar-refractivity contribution in [1.29, 1.82) is 0 Å².